The molecular weight excluding hydrogens is 316 g/mol. The number of anilines is 1. The third-order valence-corrected chi connectivity index (χ3v) is 3.82. The maximum Gasteiger partial charge on any atom is 0.278 e. The first kappa shape index (κ1) is 16.7. The monoisotopic (exact) mass is 336 g/mol. The van der Waals surface area contributed by atoms with E-state index in [-0.39, 0.29) is 11.8 Å². The molecule has 0 unspecified atom stereocenters. The van der Waals surface area contributed by atoms with Gasteiger partial charge in [-0.25, -0.2) is 4.68 Å². The summed E-state index contributed by atoms with van der Waals surface area (Å²) in [5.41, 5.74) is 2.64. The molecule has 25 heavy (non-hydrogen) atoms. The molecule has 0 radical (unpaired) electrons. The number of para-hydroxylation sites is 1. The predicted molar refractivity (Wildman–Crippen MR) is 96.4 cm³/mol. The van der Waals surface area contributed by atoms with E-state index >= 15 is 0 Å². The second-order valence-corrected chi connectivity index (χ2v) is 5.91. The van der Waals surface area contributed by atoms with E-state index in [0.29, 0.717) is 5.69 Å². The normalized spacial score (nSPS) is 10.7. The Morgan fingerprint density at radius 1 is 1.08 bits per heavy atom. The predicted octanol–water partition coefficient (Wildman–Crippen LogP) is 3.65. The molecule has 6 nitrogen and oxygen atoms in total. The van der Waals surface area contributed by atoms with Crippen LogP contribution in [0.5, 0.6) is 5.75 Å². The number of benzene rings is 2. The fourth-order valence-electron chi connectivity index (χ4n) is 2.59. The van der Waals surface area contributed by atoms with E-state index in [4.69, 9.17) is 4.74 Å². The van der Waals surface area contributed by atoms with Gasteiger partial charge < -0.3 is 10.1 Å². The molecule has 1 amide bonds. The van der Waals surface area contributed by atoms with Crippen LogP contribution in [0.15, 0.2) is 54.6 Å². The van der Waals surface area contributed by atoms with Crippen LogP contribution in [-0.4, -0.2) is 28.0 Å². The van der Waals surface area contributed by atoms with Crippen LogP contribution < -0.4 is 10.1 Å². The summed E-state index contributed by atoms with van der Waals surface area (Å²) in [5.74, 6) is 0.570. The van der Waals surface area contributed by atoms with Gasteiger partial charge >= 0.3 is 0 Å². The summed E-state index contributed by atoms with van der Waals surface area (Å²) in [7, 11) is 1.62. The van der Waals surface area contributed by atoms with Crippen molar-refractivity contribution in [3.8, 4) is 11.4 Å². The molecule has 0 saturated heterocycles. The number of hydrogen-bond donors (Lipinski definition) is 1. The number of carbonyl (C=O) groups is 1. The average molecular weight is 336 g/mol. The lowest BCUT2D eigenvalue weighted by atomic mass is 10.1. The molecule has 0 saturated carbocycles. The number of nitrogens with one attached hydrogen (secondary N) is 1. The highest BCUT2D eigenvalue weighted by Crippen LogP contribution is 2.23. The zero-order valence-corrected chi connectivity index (χ0v) is 14.4. The molecule has 0 fully saturated rings. The van der Waals surface area contributed by atoms with Crippen LogP contribution in [0.2, 0.25) is 0 Å². The number of rotatable bonds is 5. The maximum absolute atomic E-state index is 12.6. The highest BCUT2D eigenvalue weighted by Gasteiger charge is 2.23. The molecule has 0 atom stereocenters. The van der Waals surface area contributed by atoms with E-state index < -0.39 is 0 Å². The number of methoxy groups -OCH3 is 1. The smallest absolute Gasteiger partial charge is 0.278 e. The van der Waals surface area contributed by atoms with Crippen LogP contribution in [0, 0.1) is 0 Å². The second kappa shape index (κ2) is 7.17. The lowest BCUT2D eigenvalue weighted by Crippen LogP contribution is -2.16. The first-order chi connectivity index (χ1) is 12.1. The molecule has 1 N–H and O–H groups in total. The Morgan fingerprint density at radius 2 is 1.76 bits per heavy atom. The van der Waals surface area contributed by atoms with E-state index in [2.05, 4.69) is 15.6 Å². The van der Waals surface area contributed by atoms with Crippen LogP contribution in [0.4, 0.5) is 5.69 Å². The summed E-state index contributed by atoms with van der Waals surface area (Å²) in [6, 6.07) is 16.8. The number of nitrogens with zero attached hydrogens (tertiary/aromatic N) is 3. The number of aromatic nitrogens is 3. The van der Waals surface area contributed by atoms with Gasteiger partial charge in [0.05, 0.1) is 18.5 Å². The van der Waals surface area contributed by atoms with Gasteiger partial charge in [0.15, 0.2) is 5.69 Å². The quantitative estimate of drug-likeness (QED) is 0.772. The van der Waals surface area contributed by atoms with Crippen LogP contribution in [-0.2, 0) is 0 Å². The Bertz CT molecular complexity index is 855. The molecule has 0 aliphatic heterocycles. The molecular formula is C19H20N4O2. The van der Waals surface area contributed by atoms with Crippen molar-refractivity contribution in [3.05, 3.63) is 66.0 Å². The van der Waals surface area contributed by atoms with Crippen LogP contribution in [0.3, 0.4) is 0 Å². The summed E-state index contributed by atoms with van der Waals surface area (Å²) in [4.78, 5) is 12.6. The molecule has 0 aliphatic rings. The first-order valence-electron chi connectivity index (χ1n) is 8.06. The number of amides is 1. The lowest BCUT2D eigenvalue weighted by molar-refractivity contribution is 0.102. The molecule has 3 aromatic rings. The van der Waals surface area contributed by atoms with Gasteiger partial charge in [-0.1, -0.05) is 37.3 Å². The second-order valence-electron chi connectivity index (χ2n) is 5.91. The van der Waals surface area contributed by atoms with Crippen molar-refractivity contribution < 1.29 is 9.53 Å². The van der Waals surface area contributed by atoms with Gasteiger partial charge in [0.2, 0.25) is 0 Å². The minimum atomic E-state index is -0.269. The fourth-order valence-corrected chi connectivity index (χ4v) is 2.59. The third kappa shape index (κ3) is 3.52. The van der Waals surface area contributed by atoms with E-state index in [1.54, 1.807) is 11.8 Å². The van der Waals surface area contributed by atoms with Crippen LogP contribution in [0.1, 0.15) is 35.9 Å². The van der Waals surface area contributed by atoms with Gasteiger partial charge in [-0.05, 0) is 42.3 Å². The minimum Gasteiger partial charge on any atom is -0.497 e. The molecule has 6 heteroatoms. The van der Waals surface area contributed by atoms with Crippen molar-refractivity contribution >= 4 is 11.6 Å². The fraction of sp³-hybridized carbons (Fsp3) is 0.211. The Morgan fingerprint density at radius 3 is 2.36 bits per heavy atom. The molecule has 3 rings (SSSR count). The summed E-state index contributed by atoms with van der Waals surface area (Å²) in [6.07, 6.45) is 0. The molecule has 1 aromatic heterocycles. The minimum absolute atomic E-state index is 0.0774. The topological polar surface area (TPSA) is 69.0 Å². The highest BCUT2D eigenvalue weighted by atomic mass is 16.5. The number of ether oxygens (including phenoxy) is 1. The van der Waals surface area contributed by atoms with E-state index in [1.807, 2.05) is 68.4 Å². The number of hydrogen-bond acceptors (Lipinski definition) is 4. The summed E-state index contributed by atoms with van der Waals surface area (Å²) in [5, 5.41) is 11.2. The van der Waals surface area contributed by atoms with Crippen molar-refractivity contribution in [2.75, 3.05) is 12.4 Å². The Labute approximate surface area is 146 Å². The van der Waals surface area contributed by atoms with Gasteiger partial charge in [0.25, 0.3) is 5.91 Å². The highest BCUT2D eigenvalue weighted by molar-refractivity contribution is 6.03. The lowest BCUT2D eigenvalue weighted by Gasteiger charge is -2.11. The standard InChI is InChI=1S/C19H20N4O2/c1-13(2)18-17(19(24)20-14-7-5-4-6-8-14)21-22-23(18)15-9-11-16(25-3)12-10-15/h4-13H,1-3H3,(H,20,24). The van der Waals surface area contributed by atoms with Crippen molar-refractivity contribution in [3.63, 3.8) is 0 Å². The maximum atomic E-state index is 12.6. The summed E-state index contributed by atoms with van der Waals surface area (Å²) < 4.78 is 6.88. The van der Waals surface area contributed by atoms with Crippen LogP contribution >= 0.6 is 0 Å². The Kier molecular flexibility index (Phi) is 4.79. The molecule has 0 aliphatic carbocycles. The molecule has 128 valence electrons. The van der Waals surface area contributed by atoms with Crippen molar-refractivity contribution in [1.29, 1.82) is 0 Å². The van der Waals surface area contributed by atoms with Gasteiger partial charge in [0, 0.05) is 5.69 Å². The number of carbonyl (C=O) groups excluding carboxylic acids is 1. The van der Waals surface area contributed by atoms with Crippen molar-refractivity contribution in [2.45, 2.75) is 19.8 Å². The molecule has 0 bridgehead atoms. The summed E-state index contributed by atoms with van der Waals surface area (Å²) >= 11 is 0. The molecule has 0 spiro atoms. The average Bonchev–Trinajstić information content (AvgIpc) is 3.08. The van der Waals surface area contributed by atoms with E-state index in [1.165, 1.54) is 0 Å². The van der Waals surface area contributed by atoms with Gasteiger partial charge in [-0.2, -0.15) is 0 Å². The zero-order chi connectivity index (χ0) is 17.8. The zero-order valence-electron chi connectivity index (χ0n) is 14.4. The van der Waals surface area contributed by atoms with Gasteiger partial charge in [-0.3, -0.25) is 4.79 Å². The van der Waals surface area contributed by atoms with E-state index in [0.717, 1.165) is 22.8 Å². The molecule has 2 aromatic carbocycles. The van der Waals surface area contributed by atoms with Gasteiger partial charge in [-0.15, -0.1) is 5.10 Å². The largest absolute Gasteiger partial charge is 0.497 e. The van der Waals surface area contributed by atoms with Crippen molar-refractivity contribution in [2.24, 2.45) is 0 Å². The SMILES string of the molecule is COc1ccc(-n2nnc(C(=O)Nc3ccccc3)c2C(C)C)cc1. The first-order valence-corrected chi connectivity index (χ1v) is 8.06. The van der Waals surface area contributed by atoms with Gasteiger partial charge in [0.1, 0.15) is 5.75 Å². The van der Waals surface area contributed by atoms with Crippen molar-refractivity contribution in [1.82, 2.24) is 15.0 Å². The summed E-state index contributed by atoms with van der Waals surface area (Å²) in [6.45, 7) is 4.02. The van der Waals surface area contributed by atoms with E-state index in [9.17, 15) is 4.79 Å². The molecule has 1 heterocycles. The Hall–Kier alpha value is -3.15. The Balaban J connectivity index is 1.95. The van der Waals surface area contributed by atoms with Crippen LogP contribution in [0.25, 0.3) is 5.69 Å². The third-order valence-electron chi connectivity index (χ3n) is 3.82.